The van der Waals surface area contributed by atoms with Gasteiger partial charge in [0.05, 0.1) is 33.3 Å². The highest BCUT2D eigenvalue weighted by Gasteiger charge is 2.23. The van der Waals surface area contributed by atoms with Crippen LogP contribution in [-0.2, 0) is 0 Å². The van der Waals surface area contributed by atoms with E-state index in [1.54, 1.807) is 0 Å². The third-order valence-electron chi connectivity index (χ3n) is 11.3. The molecular weight excluding hydrogens is 657 g/mol. The number of hydrogen-bond donors (Lipinski definition) is 0. The van der Waals surface area contributed by atoms with E-state index in [-0.39, 0.29) is 0 Å². The van der Waals surface area contributed by atoms with E-state index in [1.165, 1.54) is 88.1 Å². The number of pyridine rings is 2. The highest BCUT2D eigenvalue weighted by Crippen LogP contribution is 2.47. The Labute approximate surface area is 310 Å². The van der Waals surface area contributed by atoms with E-state index in [2.05, 4.69) is 184 Å². The van der Waals surface area contributed by atoms with Crippen molar-refractivity contribution in [1.29, 1.82) is 0 Å². The van der Waals surface area contributed by atoms with E-state index in [9.17, 15) is 0 Å². The van der Waals surface area contributed by atoms with Crippen LogP contribution in [-0.4, -0.2) is 19.1 Å². The van der Waals surface area contributed by atoms with Gasteiger partial charge in [0.15, 0.2) is 0 Å². The Balaban J connectivity index is 1.05. The summed E-state index contributed by atoms with van der Waals surface area (Å²) in [6, 6.07) is 61.4. The molecule has 1 aliphatic carbocycles. The van der Waals surface area contributed by atoms with Gasteiger partial charge in [-0.25, -0.2) is 0 Å². The molecule has 0 aliphatic heterocycles. The van der Waals surface area contributed by atoms with E-state index in [0.717, 1.165) is 22.5 Å². The average Bonchev–Trinajstić information content (AvgIpc) is 3.87. The van der Waals surface area contributed by atoms with Crippen LogP contribution in [0.5, 0.6) is 0 Å². The van der Waals surface area contributed by atoms with Crippen molar-refractivity contribution in [3.8, 4) is 56.0 Å². The van der Waals surface area contributed by atoms with Gasteiger partial charge in [0, 0.05) is 61.8 Å². The lowest BCUT2D eigenvalue weighted by molar-refractivity contribution is 1.18. The van der Waals surface area contributed by atoms with Crippen molar-refractivity contribution in [1.82, 2.24) is 19.1 Å². The van der Waals surface area contributed by atoms with Crippen molar-refractivity contribution in [3.63, 3.8) is 0 Å². The fourth-order valence-corrected chi connectivity index (χ4v) is 8.93. The molecule has 0 bridgehead atoms. The number of nitrogens with zero attached hydrogens (tertiary/aromatic N) is 4. The van der Waals surface area contributed by atoms with Gasteiger partial charge in [-0.05, 0) is 113 Å². The van der Waals surface area contributed by atoms with Crippen LogP contribution < -0.4 is 0 Å². The molecule has 12 rings (SSSR count). The van der Waals surface area contributed by atoms with Gasteiger partial charge in [0.1, 0.15) is 0 Å². The zero-order valence-electron chi connectivity index (χ0n) is 29.1. The Bertz CT molecular complexity index is 3310. The molecule has 0 N–H and O–H groups in total. The van der Waals surface area contributed by atoms with Crippen LogP contribution in [0.1, 0.15) is 0 Å². The lowest BCUT2D eigenvalue weighted by atomic mass is 9.99. The largest absolute Gasteiger partial charge is 0.309 e. The van der Waals surface area contributed by atoms with Crippen molar-refractivity contribution in [2.75, 3.05) is 0 Å². The molecule has 0 amide bonds. The Morgan fingerprint density at radius 3 is 1.59 bits per heavy atom. The van der Waals surface area contributed by atoms with E-state index in [0.29, 0.717) is 0 Å². The smallest absolute Gasteiger partial charge is 0.0714 e. The minimum atomic E-state index is 0.963. The fraction of sp³-hybridized carbons (Fsp3) is 0. The molecule has 4 nitrogen and oxygen atoms in total. The third-order valence-corrected chi connectivity index (χ3v) is 11.3. The highest BCUT2D eigenvalue weighted by molar-refractivity contribution is 6.15. The average molecular weight is 687 g/mol. The molecule has 4 aromatic heterocycles. The summed E-state index contributed by atoms with van der Waals surface area (Å²) in [5, 5.41) is 6.13. The quantitative estimate of drug-likeness (QED) is 0.185. The second-order valence-corrected chi connectivity index (χ2v) is 14.2. The SMILES string of the molecule is c1ccc(-n2c3ccccc3c3cc(-c4ccc5c(c4)c4cc(-c6cc7c(cn6)-c6cccc8nccc-7c68)ccc4n5-c4ccccc4)ccc32)cc1. The van der Waals surface area contributed by atoms with Gasteiger partial charge in [0.25, 0.3) is 0 Å². The predicted octanol–water partition coefficient (Wildman–Crippen LogP) is 12.8. The van der Waals surface area contributed by atoms with E-state index >= 15 is 0 Å². The topological polar surface area (TPSA) is 35.6 Å². The summed E-state index contributed by atoms with van der Waals surface area (Å²) >= 11 is 0. The number of benzene rings is 7. The first-order valence-electron chi connectivity index (χ1n) is 18.4. The monoisotopic (exact) mass is 686 g/mol. The molecular formula is C50H30N4. The number of fused-ring (bicyclic) bond motifs is 9. The standard InChI is InChI=1S/C50H30N4/c1-3-10-34(11-4-1)53-46-17-8-7-14-36(46)40-26-31(18-21-47(40)53)32-19-22-48-41(27-32)42-28-33(20-23-49(42)54(48)35-12-5-2-6-13-35)45-29-39-38-24-25-51-44-16-9-15-37(50(38)44)43(39)30-52-45/h1-30H. The summed E-state index contributed by atoms with van der Waals surface area (Å²) in [5.74, 6) is 0. The van der Waals surface area contributed by atoms with Gasteiger partial charge in [0.2, 0.25) is 0 Å². The number of rotatable bonds is 4. The maximum atomic E-state index is 5.06. The molecule has 11 aromatic rings. The van der Waals surface area contributed by atoms with Crippen molar-refractivity contribution in [2.24, 2.45) is 0 Å². The van der Waals surface area contributed by atoms with Crippen LogP contribution in [0.4, 0.5) is 0 Å². The molecule has 0 atom stereocenters. The fourth-order valence-electron chi connectivity index (χ4n) is 8.93. The van der Waals surface area contributed by atoms with Crippen LogP contribution in [0.25, 0.3) is 111 Å². The maximum Gasteiger partial charge on any atom is 0.0714 e. The third kappa shape index (κ3) is 4.13. The minimum absolute atomic E-state index is 0.963. The Hall–Kier alpha value is -7.30. The first-order chi connectivity index (χ1) is 26.8. The van der Waals surface area contributed by atoms with Gasteiger partial charge in [-0.2, -0.15) is 0 Å². The van der Waals surface area contributed by atoms with Gasteiger partial charge in [-0.1, -0.05) is 84.9 Å². The molecule has 4 heteroatoms. The number of aromatic nitrogens is 4. The van der Waals surface area contributed by atoms with Crippen molar-refractivity contribution < 1.29 is 0 Å². The Morgan fingerprint density at radius 1 is 0.352 bits per heavy atom. The molecule has 0 saturated heterocycles. The first kappa shape index (κ1) is 29.3. The molecule has 4 heterocycles. The van der Waals surface area contributed by atoms with Crippen LogP contribution in [0.2, 0.25) is 0 Å². The van der Waals surface area contributed by atoms with Gasteiger partial charge >= 0.3 is 0 Å². The van der Waals surface area contributed by atoms with Crippen LogP contribution in [0, 0.1) is 0 Å². The molecule has 0 spiro atoms. The number of hydrogen-bond acceptors (Lipinski definition) is 2. The van der Waals surface area contributed by atoms with Crippen molar-refractivity contribution >= 4 is 54.5 Å². The lowest BCUT2D eigenvalue weighted by Gasteiger charge is -2.09. The first-order valence-corrected chi connectivity index (χ1v) is 18.4. The summed E-state index contributed by atoms with van der Waals surface area (Å²) in [5.41, 5.74) is 17.4. The molecule has 0 saturated carbocycles. The van der Waals surface area contributed by atoms with Crippen LogP contribution >= 0.6 is 0 Å². The molecule has 0 fully saturated rings. The van der Waals surface area contributed by atoms with E-state index in [1.807, 2.05) is 12.4 Å². The number of para-hydroxylation sites is 3. The van der Waals surface area contributed by atoms with E-state index < -0.39 is 0 Å². The second-order valence-electron chi connectivity index (χ2n) is 14.2. The zero-order chi connectivity index (χ0) is 35.3. The maximum absolute atomic E-state index is 5.06. The van der Waals surface area contributed by atoms with Gasteiger partial charge in [-0.15, -0.1) is 0 Å². The second kappa shape index (κ2) is 11.1. The van der Waals surface area contributed by atoms with Crippen LogP contribution in [0.15, 0.2) is 182 Å². The molecule has 250 valence electrons. The molecule has 0 unspecified atom stereocenters. The summed E-state index contributed by atoms with van der Waals surface area (Å²) in [6.45, 7) is 0. The summed E-state index contributed by atoms with van der Waals surface area (Å²) < 4.78 is 4.75. The van der Waals surface area contributed by atoms with Gasteiger partial charge in [-0.3, -0.25) is 9.97 Å². The summed E-state index contributed by atoms with van der Waals surface area (Å²) in [7, 11) is 0. The Morgan fingerprint density at radius 2 is 0.907 bits per heavy atom. The lowest BCUT2D eigenvalue weighted by Crippen LogP contribution is -1.93. The summed E-state index contributed by atoms with van der Waals surface area (Å²) in [6.07, 6.45) is 3.96. The Kier molecular flexibility index (Phi) is 6.02. The molecule has 0 radical (unpaired) electrons. The van der Waals surface area contributed by atoms with Crippen molar-refractivity contribution in [3.05, 3.63) is 182 Å². The van der Waals surface area contributed by atoms with Gasteiger partial charge < -0.3 is 9.13 Å². The van der Waals surface area contributed by atoms with Crippen LogP contribution in [0.3, 0.4) is 0 Å². The summed E-state index contributed by atoms with van der Waals surface area (Å²) in [4.78, 5) is 9.70. The predicted molar refractivity (Wildman–Crippen MR) is 224 cm³/mol. The normalized spacial score (nSPS) is 12.1. The molecule has 54 heavy (non-hydrogen) atoms. The molecule has 1 aliphatic rings. The minimum Gasteiger partial charge on any atom is -0.309 e. The van der Waals surface area contributed by atoms with E-state index in [4.69, 9.17) is 4.98 Å². The zero-order valence-corrected chi connectivity index (χ0v) is 29.1. The highest BCUT2D eigenvalue weighted by atomic mass is 15.0. The molecule has 7 aromatic carbocycles. The van der Waals surface area contributed by atoms with Crippen molar-refractivity contribution in [2.45, 2.75) is 0 Å².